The van der Waals surface area contributed by atoms with Crippen LogP contribution in [0.5, 0.6) is 0 Å². The molecule has 0 radical (unpaired) electrons. The molecule has 1 heterocycles. The van der Waals surface area contributed by atoms with Crippen molar-refractivity contribution in [2.45, 2.75) is 6.92 Å². The third-order valence-corrected chi connectivity index (χ3v) is 3.09. The molecule has 0 saturated heterocycles. The first kappa shape index (κ1) is 12.2. The lowest BCUT2D eigenvalue weighted by Gasteiger charge is -2.05. The molecule has 0 bridgehead atoms. The highest BCUT2D eigenvalue weighted by Crippen LogP contribution is 2.15. The largest absolute Gasteiger partial charge is 0.323 e. The van der Waals surface area contributed by atoms with E-state index in [2.05, 4.69) is 15.3 Å². The molecule has 0 unspecified atom stereocenters. The van der Waals surface area contributed by atoms with Crippen LogP contribution in [0, 0.1) is 6.92 Å². The van der Waals surface area contributed by atoms with Crippen molar-refractivity contribution in [1.82, 2.24) is 9.97 Å². The van der Waals surface area contributed by atoms with Crippen LogP contribution in [0.15, 0.2) is 47.3 Å². The van der Waals surface area contributed by atoms with Gasteiger partial charge in [-0.15, -0.1) is 0 Å². The quantitative estimate of drug-likeness (QED) is 0.666. The van der Waals surface area contributed by atoms with Crippen LogP contribution >= 0.6 is 0 Å². The second-order valence-corrected chi connectivity index (χ2v) is 4.66. The average molecular weight is 267 g/mol. The van der Waals surface area contributed by atoms with Crippen LogP contribution in [-0.2, 0) is 0 Å². The van der Waals surface area contributed by atoms with Gasteiger partial charge in [0.05, 0.1) is 11.0 Å². The van der Waals surface area contributed by atoms with Crippen molar-refractivity contribution in [1.29, 1.82) is 0 Å². The summed E-state index contributed by atoms with van der Waals surface area (Å²) in [6, 6.07) is 12.6. The summed E-state index contributed by atoms with van der Waals surface area (Å²) < 4.78 is 0. The fourth-order valence-corrected chi connectivity index (χ4v) is 2.02. The molecule has 100 valence electrons. The summed E-state index contributed by atoms with van der Waals surface area (Å²) in [5.74, 6) is -0.178. The Bertz CT molecular complexity index is 828. The molecule has 0 saturated carbocycles. The van der Waals surface area contributed by atoms with Crippen molar-refractivity contribution < 1.29 is 4.79 Å². The molecule has 5 nitrogen and oxygen atoms in total. The van der Waals surface area contributed by atoms with Crippen LogP contribution in [0.4, 0.5) is 5.69 Å². The fraction of sp³-hybridized carbons (Fsp3) is 0.0667. The van der Waals surface area contributed by atoms with Crippen LogP contribution in [0.2, 0.25) is 0 Å². The third kappa shape index (κ3) is 2.33. The molecule has 0 fully saturated rings. The molecule has 1 aromatic heterocycles. The Labute approximate surface area is 114 Å². The molecule has 20 heavy (non-hydrogen) atoms. The van der Waals surface area contributed by atoms with E-state index in [0.29, 0.717) is 22.3 Å². The first-order chi connectivity index (χ1) is 9.61. The lowest BCUT2D eigenvalue weighted by atomic mass is 10.1. The molecule has 0 atom stereocenters. The first-order valence-electron chi connectivity index (χ1n) is 6.22. The standard InChI is InChI=1S/C15H13N3O2/c1-9-2-4-10(5-3-9)14(19)16-11-6-7-12-13(8-11)18-15(20)17-12/h2-8H,1H3,(H,16,19)(H2,17,18,20). The molecule has 1 amide bonds. The minimum atomic E-state index is -0.262. The van der Waals surface area contributed by atoms with E-state index in [9.17, 15) is 9.59 Å². The van der Waals surface area contributed by atoms with Crippen molar-refractivity contribution in [3.8, 4) is 0 Å². The number of fused-ring (bicyclic) bond motifs is 1. The second kappa shape index (κ2) is 4.70. The normalized spacial score (nSPS) is 10.7. The summed E-state index contributed by atoms with van der Waals surface area (Å²) in [7, 11) is 0. The van der Waals surface area contributed by atoms with E-state index in [1.54, 1.807) is 30.3 Å². The van der Waals surface area contributed by atoms with Gasteiger partial charge in [0.1, 0.15) is 0 Å². The average Bonchev–Trinajstić information content (AvgIpc) is 2.78. The van der Waals surface area contributed by atoms with Gasteiger partial charge in [0.25, 0.3) is 5.91 Å². The molecule has 3 N–H and O–H groups in total. The molecule has 0 spiro atoms. The summed E-state index contributed by atoms with van der Waals surface area (Å²) in [5.41, 5.74) is 3.45. The Kier molecular flexibility index (Phi) is 2.87. The van der Waals surface area contributed by atoms with Gasteiger partial charge < -0.3 is 15.3 Å². The molecular formula is C15H13N3O2. The summed E-state index contributed by atoms with van der Waals surface area (Å²) in [5, 5.41) is 2.80. The number of hydrogen-bond donors (Lipinski definition) is 3. The maximum absolute atomic E-state index is 12.1. The summed E-state index contributed by atoms with van der Waals surface area (Å²) >= 11 is 0. The number of benzene rings is 2. The van der Waals surface area contributed by atoms with Crippen LogP contribution < -0.4 is 11.0 Å². The van der Waals surface area contributed by atoms with Crippen molar-refractivity contribution in [2.75, 3.05) is 5.32 Å². The number of carbonyl (C=O) groups excluding carboxylic acids is 1. The molecule has 3 aromatic rings. The fourth-order valence-electron chi connectivity index (χ4n) is 2.02. The topological polar surface area (TPSA) is 77.8 Å². The lowest BCUT2D eigenvalue weighted by Crippen LogP contribution is -2.11. The molecule has 0 aliphatic heterocycles. The SMILES string of the molecule is Cc1ccc(C(=O)Nc2ccc3[nH]c(=O)[nH]c3c2)cc1. The van der Waals surface area contributed by atoms with Crippen LogP contribution in [0.25, 0.3) is 11.0 Å². The summed E-state index contributed by atoms with van der Waals surface area (Å²) in [4.78, 5) is 28.6. The van der Waals surface area contributed by atoms with Crippen LogP contribution in [0.1, 0.15) is 15.9 Å². The Hall–Kier alpha value is -2.82. The van der Waals surface area contributed by atoms with Gasteiger partial charge in [-0.1, -0.05) is 17.7 Å². The highest BCUT2D eigenvalue weighted by atomic mass is 16.1. The lowest BCUT2D eigenvalue weighted by molar-refractivity contribution is 0.102. The number of carbonyl (C=O) groups is 1. The van der Waals surface area contributed by atoms with E-state index in [1.165, 1.54) is 0 Å². The zero-order valence-corrected chi connectivity index (χ0v) is 10.9. The number of hydrogen-bond acceptors (Lipinski definition) is 2. The molecule has 0 aliphatic rings. The highest BCUT2D eigenvalue weighted by Gasteiger charge is 2.06. The van der Waals surface area contributed by atoms with Crippen molar-refractivity contribution >= 4 is 22.6 Å². The Morgan fingerprint density at radius 2 is 1.70 bits per heavy atom. The Balaban J connectivity index is 1.86. The monoisotopic (exact) mass is 267 g/mol. The number of aryl methyl sites for hydroxylation is 1. The van der Waals surface area contributed by atoms with Gasteiger partial charge in [0.15, 0.2) is 0 Å². The van der Waals surface area contributed by atoms with Gasteiger partial charge in [-0.05, 0) is 37.3 Å². The maximum Gasteiger partial charge on any atom is 0.323 e. The summed E-state index contributed by atoms with van der Waals surface area (Å²) in [6.07, 6.45) is 0. The van der Waals surface area contributed by atoms with E-state index in [1.807, 2.05) is 19.1 Å². The zero-order chi connectivity index (χ0) is 14.1. The summed E-state index contributed by atoms with van der Waals surface area (Å²) in [6.45, 7) is 1.97. The van der Waals surface area contributed by atoms with E-state index < -0.39 is 0 Å². The number of rotatable bonds is 2. The number of aromatic amines is 2. The second-order valence-electron chi connectivity index (χ2n) is 4.66. The van der Waals surface area contributed by atoms with Gasteiger partial charge >= 0.3 is 5.69 Å². The first-order valence-corrected chi connectivity index (χ1v) is 6.22. The highest BCUT2D eigenvalue weighted by molar-refractivity contribution is 6.04. The van der Waals surface area contributed by atoms with E-state index in [-0.39, 0.29) is 11.6 Å². The van der Waals surface area contributed by atoms with E-state index in [4.69, 9.17) is 0 Å². The van der Waals surface area contributed by atoms with E-state index >= 15 is 0 Å². The minimum absolute atomic E-state index is 0.178. The maximum atomic E-state index is 12.1. The molecule has 5 heteroatoms. The smallest absolute Gasteiger partial charge is 0.322 e. The van der Waals surface area contributed by atoms with Gasteiger partial charge in [0, 0.05) is 11.3 Å². The number of aromatic nitrogens is 2. The van der Waals surface area contributed by atoms with Gasteiger partial charge in [0.2, 0.25) is 0 Å². The van der Waals surface area contributed by atoms with Crippen LogP contribution in [0.3, 0.4) is 0 Å². The minimum Gasteiger partial charge on any atom is -0.322 e. The van der Waals surface area contributed by atoms with Gasteiger partial charge in [-0.2, -0.15) is 0 Å². The molecule has 3 rings (SSSR count). The number of H-pyrrole nitrogens is 2. The predicted octanol–water partition coefficient (Wildman–Crippen LogP) is 2.42. The van der Waals surface area contributed by atoms with Crippen molar-refractivity contribution in [3.63, 3.8) is 0 Å². The Morgan fingerprint density at radius 3 is 2.45 bits per heavy atom. The number of nitrogens with one attached hydrogen (secondary N) is 3. The van der Waals surface area contributed by atoms with Crippen molar-refractivity contribution in [2.24, 2.45) is 0 Å². The molecule has 2 aromatic carbocycles. The Morgan fingerprint density at radius 1 is 1.00 bits per heavy atom. The van der Waals surface area contributed by atoms with Crippen LogP contribution in [-0.4, -0.2) is 15.9 Å². The number of amides is 1. The van der Waals surface area contributed by atoms with Crippen molar-refractivity contribution in [3.05, 3.63) is 64.1 Å². The van der Waals surface area contributed by atoms with Gasteiger partial charge in [-0.25, -0.2) is 4.79 Å². The van der Waals surface area contributed by atoms with Gasteiger partial charge in [-0.3, -0.25) is 4.79 Å². The molecule has 0 aliphatic carbocycles. The number of imidazole rings is 1. The zero-order valence-electron chi connectivity index (χ0n) is 10.9. The number of anilines is 1. The third-order valence-electron chi connectivity index (χ3n) is 3.09. The predicted molar refractivity (Wildman–Crippen MR) is 78.1 cm³/mol. The van der Waals surface area contributed by atoms with E-state index in [0.717, 1.165) is 5.56 Å². The molecular weight excluding hydrogens is 254 g/mol.